The molecule has 10 nitrogen and oxygen atoms in total. The number of carbonyl (C=O) groups is 2. The molecule has 1 aromatic carbocycles. The van der Waals surface area contributed by atoms with Crippen LogP contribution >= 0.6 is 0 Å². The first-order chi connectivity index (χ1) is 18.6. The number of aliphatic carboxylic acids is 1. The Balaban J connectivity index is 1.29. The van der Waals surface area contributed by atoms with Crippen molar-refractivity contribution < 1.29 is 24.0 Å². The third-order valence-corrected chi connectivity index (χ3v) is 9.21. The quantitative estimate of drug-likeness (QED) is 0.277. The molecule has 2 aromatic rings. The van der Waals surface area contributed by atoms with Crippen LogP contribution in [0.1, 0.15) is 70.1 Å². The summed E-state index contributed by atoms with van der Waals surface area (Å²) >= 11 is 0. The Morgan fingerprint density at radius 2 is 2.00 bits per heavy atom. The number of unbranched alkanes of at least 4 members (excludes halogenated alkanes) is 1. The van der Waals surface area contributed by atoms with Gasteiger partial charge in [0.25, 0.3) is 0 Å². The van der Waals surface area contributed by atoms with Gasteiger partial charge in [-0.05, 0) is 62.0 Å². The number of amides is 1. The second-order valence-electron chi connectivity index (χ2n) is 12.1. The molecule has 2 bridgehead atoms. The van der Waals surface area contributed by atoms with E-state index in [0.29, 0.717) is 37.0 Å². The summed E-state index contributed by atoms with van der Waals surface area (Å²) in [6, 6.07) is 9.70. The topological polar surface area (TPSA) is 142 Å². The molecule has 0 radical (unpaired) electrons. The lowest BCUT2D eigenvalue weighted by molar-refractivity contribution is -0.199. The highest BCUT2D eigenvalue weighted by molar-refractivity contribution is 6.47. The zero-order valence-electron chi connectivity index (χ0n) is 23.1. The monoisotopic (exact) mass is 537 g/mol. The second kappa shape index (κ2) is 11.0. The lowest BCUT2D eigenvalue weighted by Crippen LogP contribution is -2.65. The highest BCUT2D eigenvalue weighted by atomic mass is 16.7. The minimum absolute atomic E-state index is 0.0196. The molecular weight excluding hydrogens is 497 g/mol. The molecule has 1 saturated heterocycles. The summed E-state index contributed by atoms with van der Waals surface area (Å²) in [7, 11) is -0.542. The minimum atomic E-state index is -1.03. The summed E-state index contributed by atoms with van der Waals surface area (Å²) in [5.41, 5.74) is 6.61. The van der Waals surface area contributed by atoms with Crippen LogP contribution in [0.5, 0.6) is 0 Å². The summed E-state index contributed by atoms with van der Waals surface area (Å²) < 4.78 is 14.5. The van der Waals surface area contributed by atoms with Gasteiger partial charge in [-0.3, -0.25) is 9.59 Å². The van der Waals surface area contributed by atoms with E-state index in [-0.39, 0.29) is 47.8 Å². The van der Waals surface area contributed by atoms with Gasteiger partial charge in [-0.25, -0.2) is 9.67 Å². The fraction of sp³-hybridized carbons (Fsp3) is 0.643. The van der Waals surface area contributed by atoms with Crippen LogP contribution in [0.15, 0.2) is 30.3 Å². The first-order valence-electron chi connectivity index (χ1n) is 14.1. The van der Waals surface area contributed by atoms with Crippen LogP contribution in [0.3, 0.4) is 0 Å². The molecule has 4 N–H and O–H groups in total. The highest BCUT2D eigenvalue weighted by Gasteiger charge is 2.68. The minimum Gasteiger partial charge on any atom is -0.481 e. The van der Waals surface area contributed by atoms with Crippen LogP contribution < -0.4 is 11.1 Å². The Morgan fingerprint density at radius 3 is 2.69 bits per heavy atom. The Bertz CT molecular complexity index is 1190. The molecule has 3 saturated carbocycles. The lowest BCUT2D eigenvalue weighted by Gasteiger charge is -2.64. The SMILES string of the molecule is CC1(C)C2CC3OB(C(CCCCN)NC(=O)Cn4nc(Cc5ccccc5)nc4CC(=O)O)OC3(C)C1C2. The second-order valence-corrected chi connectivity index (χ2v) is 12.1. The van der Waals surface area contributed by atoms with Crippen molar-refractivity contribution in [1.29, 1.82) is 0 Å². The molecule has 5 unspecified atom stereocenters. The predicted molar refractivity (Wildman–Crippen MR) is 146 cm³/mol. The first-order valence-corrected chi connectivity index (χ1v) is 14.1. The van der Waals surface area contributed by atoms with Gasteiger partial charge < -0.3 is 25.5 Å². The number of hydrogen-bond donors (Lipinski definition) is 3. The van der Waals surface area contributed by atoms with Crippen molar-refractivity contribution in [2.45, 2.75) is 89.9 Å². The van der Waals surface area contributed by atoms with Gasteiger partial charge in [0.15, 0.2) is 5.82 Å². The molecular formula is C28H40BN5O5. The summed E-state index contributed by atoms with van der Waals surface area (Å²) in [6.45, 7) is 7.25. The van der Waals surface area contributed by atoms with Crippen molar-refractivity contribution in [3.8, 4) is 0 Å². The maximum absolute atomic E-state index is 13.3. The van der Waals surface area contributed by atoms with E-state index in [0.717, 1.165) is 31.2 Å². The number of benzene rings is 1. The number of nitrogens with one attached hydrogen (secondary N) is 1. The number of carbonyl (C=O) groups excluding carboxylic acids is 1. The number of aromatic nitrogens is 3. The fourth-order valence-corrected chi connectivity index (χ4v) is 6.92. The van der Waals surface area contributed by atoms with Crippen molar-refractivity contribution in [3.63, 3.8) is 0 Å². The van der Waals surface area contributed by atoms with Gasteiger partial charge in [0.2, 0.25) is 5.91 Å². The summed E-state index contributed by atoms with van der Waals surface area (Å²) in [6.07, 6.45) is 4.63. The maximum atomic E-state index is 13.3. The van der Waals surface area contributed by atoms with Crippen LogP contribution in [0.4, 0.5) is 0 Å². The van der Waals surface area contributed by atoms with Crippen molar-refractivity contribution in [1.82, 2.24) is 20.1 Å². The van der Waals surface area contributed by atoms with Crippen molar-refractivity contribution in [2.75, 3.05) is 6.54 Å². The van der Waals surface area contributed by atoms with E-state index in [2.05, 4.69) is 36.2 Å². The van der Waals surface area contributed by atoms with Crippen LogP contribution in [-0.2, 0) is 38.3 Å². The van der Waals surface area contributed by atoms with E-state index < -0.39 is 13.1 Å². The summed E-state index contributed by atoms with van der Waals surface area (Å²) in [4.78, 5) is 29.2. The van der Waals surface area contributed by atoms with Crippen LogP contribution in [-0.4, -0.2) is 63.1 Å². The molecule has 4 aliphatic rings. The average Bonchev–Trinajstić information content (AvgIpc) is 3.42. The number of rotatable bonds is 12. The molecule has 0 spiro atoms. The molecule has 3 aliphatic carbocycles. The third kappa shape index (κ3) is 5.62. The van der Waals surface area contributed by atoms with Gasteiger partial charge in [0.1, 0.15) is 18.8 Å². The summed E-state index contributed by atoms with van der Waals surface area (Å²) in [5.74, 6) is 0.131. The third-order valence-electron chi connectivity index (χ3n) is 9.21. The van der Waals surface area contributed by atoms with Crippen LogP contribution in [0.2, 0.25) is 0 Å². The van der Waals surface area contributed by atoms with E-state index in [1.165, 1.54) is 4.68 Å². The average molecular weight is 537 g/mol. The van der Waals surface area contributed by atoms with Gasteiger partial charge >= 0.3 is 13.1 Å². The lowest BCUT2D eigenvalue weighted by atomic mass is 9.43. The molecule has 6 rings (SSSR count). The first kappa shape index (κ1) is 27.8. The number of nitrogens with zero attached hydrogens (tertiary/aromatic N) is 3. The van der Waals surface area contributed by atoms with E-state index >= 15 is 0 Å². The molecule has 4 fully saturated rings. The largest absolute Gasteiger partial charge is 0.481 e. The van der Waals surface area contributed by atoms with Gasteiger partial charge in [-0.2, -0.15) is 5.10 Å². The number of carboxylic acids is 1. The standard InChI is InChI=1S/C28H40BN5O5/c1-27(2)19-14-20(27)28(3)21(15-19)38-29(39-28)22(11-7-8-12-30)31-25(35)17-34-24(16-26(36)37)32-23(33-34)13-18-9-5-4-6-10-18/h4-6,9-10,19-22H,7-8,11-17,30H2,1-3H3,(H,31,35)(H,36,37). The fourth-order valence-electron chi connectivity index (χ4n) is 6.92. The Kier molecular flexibility index (Phi) is 7.85. The van der Waals surface area contributed by atoms with Crippen molar-refractivity contribution in [3.05, 3.63) is 47.5 Å². The normalized spacial score (nSPS) is 27.5. The Hall–Kier alpha value is -2.76. The Morgan fingerprint density at radius 1 is 1.23 bits per heavy atom. The predicted octanol–water partition coefficient (Wildman–Crippen LogP) is 2.38. The van der Waals surface area contributed by atoms with Crippen LogP contribution in [0.25, 0.3) is 0 Å². The van der Waals surface area contributed by atoms with Crippen LogP contribution in [0, 0.1) is 17.3 Å². The van der Waals surface area contributed by atoms with Gasteiger partial charge in [0.05, 0.1) is 17.6 Å². The van der Waals surface area contributed by atoms with Gasteiger partial charge in [-0.1, -0.05) is 50.6 Å². The molecule has 1 aromatic heterocycles. The number of hydrogen-bond acceptors (Lipinski definition) is 7. The van der Waals surface area contributed by atoms with E-state index in [1.54, 1.807) is 0 Å². The zero-order chi connectivity index (χ0) is 27.8. The highest BCUT2D eigenvalue weighted by Crippen LogP contribution is 2.65. The van der Waals surface area contributed by atoms with Gasteiger partial charge in [0, 0.05) is 6.42 Å². The summed E-state index contributed by atoms with van der Waals surface area (Å²) in [5, 5.41) is 17.0. The number of nitrogens with two attached hydrogens (primary N) is 1. The molecule has 210 valence electrons. The van der Waals surface area contributed by atoms with E-state index in [9.17, 15) is 14.7 Å². The molecule has 1 aliphatic heterocycles. The zero-order valence-corrected chi connectivity index (χ0v) is 23.1. The maximum Gasteiger partial charge on any atom is 0.481 e. The molecule has 2 heterocycles. The molecule has 11 heteroatoms. The van der Waals surface area contributed by atoms with E-state index in [4.69, 9.17) is 15.0 Å². The van der Waals surface area contributed by atoms with Crippen molar-refractivity contribution in [2.24, 2.45) is 23.0 Å². The van der Waals surface area contributed by atoms with E-state index in [1.807, 2.05) is 30.3 Å². The van der Waals surface area contributed by atoms with Crippen molar-refractivity contribution >= 4 is 19.0 Å². The molecule has 1 amide bonds. The van der Waals surface area contributed by atoms with Gasteiger partial charge in [-0.15, -0.1) is 0 Å². The number of carboxylic acid groups (broad SMARTS) is 1. The molecule has 5 atom stereocenters. The smallest absolute Gasteiger partial charge is 0.481 e. The Labute approximate surface area is 230 Å². The molecule has 39 heavy (non-hydrogen) atoms.